The number of nitrogens with zero attached hydrogens (tertiary/aromatic N) is 2. The van der Waals surface area contributed by atoms with Crippen molar-refractivity contribution in [2.45, 2.75) is 13.0 Å². The molecule has 0 spiro atoms. The van der Waals surface area contributed by atoms with Crippen LogP contribution in [0.5, 0.6) is 5.75 Å². The molecule has 0 aliphatic rings. The normalized spacial score (nSPS) is 12.0. The van der Waals surface area contributed by atoms with Crippen molar-refractivity contribution in [1.29, 1.82) is 0 Å². The standard InChI is InChI=1S/C22H18BrN3O4/c1-13(14-3-5-17(6-4-14)26-8-7-24-12-26)25-21(27)18-10-15-9-16(23)11-19(29-2)20(15)30-22(18)28/h3-13H,1-2H3,(H,25,27)/t13-/m0/s1. The van der Waals surface area contributed by atoms with Crippen molar-refractivity contribution in [3.8, 4) is 11.4 Å². The van der Waals surface area contributed by atoms with Gasteiger partial charge in [0.1, 0.15) is 5.56 Å². The minimum absolute atomic E-state index is 0.0652. The van der Waals surface area contributed by atoms with E-state index in [9.17, 15) is 9.59 Å². The zero-order valence-electron chi connectivity index (χ0n) is 16.3. The molecule has 152 valence electrons. The van der Waals surface area contributed by atoms with Crippen LogP contribution in [0.3, 0.4) is 0 Å². The largest absolute Gasteiger partial charge is 0.493 e. The maximum atomic E-state index is 12.8. The molecular formula is C22H18BrN3O4. The van der Waals surface area contributed by atoms with Crippen LogP contribution < -0.4 is 15.7 Å². The molecule has 0 bridgehead atoms. The van der Waals surface area contributed by atoms with Crippen LogP contribution in [0, 0.1) is 0 Å². The molecule has 2 aromatic carbocycles. The minimum Gasteiger partial charge on any atom is -0.493 e. The predicted molar refractivity (Wildman–Crippen MR) is 116 cm³/mol. The van der Waals surface area contributed by atoms with Crippen LogP contribution in [0.25, 0.3) is 16.7 Å². The molecule has 0 fully saturated rings. The zero-order valence-corrected chi connectivity index (χ0v) is 17.8. The van der Waals surface area contributed by atoms with Crippen LogP contribution in [-0.2, 0) is 0 Å². The second-order valence-corrected chi connectivity index (χ2v) is 7.65. The van der Waals surface area contributed by atoms with Crippen LogP contribution in [0.1, 0.15) is 28.9 Å². The second-order valence-electron chi connectivity index (χ2n) is 6.73. The molecule has 8 heteroatoms. The van der Waals surface area contributed by atoms with Gasteiger partial charge in [0.15, 0.2) is 11.3 Å². The maximum Gasteiger partial charge on any atom is 0.349 e. The fourth-order valence-corrected chi connectivity index (χ4v) is 3.64. The first-order valence-corrected chi connectivity index (χ1v) is 9.96. The molecule has 30 heavy (non-hydrogen) atoms. The number of benzene rings is 2. The molecule has 4 aromatic rings. The third kappa shape index (κ3) is 3.86. The summed E-state index contributed by atoms with van der Waals surface area (Å²) in [4.78, 5) is 29.2. The van der Waals surface area contributed by atoms with E-state index in [4.69, 9.17) is 9.15 Å². The first-order chi connectivity index (χ1) is 14.5. The van der Waals surface area contributed by atoms with E-state index in [-0.39, 0.29) is 11.6 Å². The van der Waals surface area contributed by atoms with Gasteiger partial charge in [0.2, 0.25) is 0 Å². The molecule has 0 saturated heterocycles. The Morgan fingerprint density at radius 3 is 2.67 bits per heavy atom. The van der Waals surface area contributed by atoms with Crippen LogP contribution in [0.4, 0.5) is 0 Å². The molecule has 0 radical (unpaired) electrons. The molecule has 1 atom stereocenters. The van der Waals surface area contributed by atoms with E-state index in [1.807, 2.05) is 42.0 Å². The zero-order chi connectivity index (χ0) is 21.3. The Balaban J connectivity index is 1.58. The molecule has 1 N–H and O–H groups in total. The Bertz CT molecular complexity index is 1260. The Hall–Kier alpha value is -3.39. The number of fused-ring (bicyclic) bond motifs is 1. The quantitative estimate of drug-likeness (QED) is 0.443. The summed E-state index contributed by atoms with van der Waals surface area (Å²) in [5.74, 6) is -0.0921. The first kappa shape index (κ1) is 19.9. The molecule has 7 nitrogen and oxygen atoms in total. The number of hydrogen-bond acceptors (Lipinski definition) is 5. The Morgan fingerprint density at radius 2 is 2.00 bits per heavy atom. The van der Waals surface area contributed by atoms with Gasteiger partial charge < -0.3 is 19.0 Å². The summed E-state index contributed by atoms with van der Waals surface area (Å²) in [5.41, 5.74) is 1.38. The lowest BCUT2D eigenvalue weighted by Gasteiger charge is -2.15. The highest BCUT2D eigenvalue weighted by Crippen LogP contribution is 2.29. The second kappa shape index (κ2) is 8.16. The third-order valence-corrected chi connectivity index (χ3v) is 5.23. The summed E-state index contributed by atoms with van der Waals surface area (Å²) in [7, 11) is 1.49. The number of carbonyl (C=O) groups is 1. The van der Waals surface area contributed by atoms with Gasteiger partial charge in [0.05, 0.1) is 19.5 Å². The number of carbonyl (C=O) groups excluding carboxylic acids is 1. The predicted octanol–water partition coefficient (Wildman–Crippen LogP) is 4.24. The summed E-state index contributed by atoms with van der Waals surface area (Å²) >= 11 is 3.39. The molecule has 0 saturated carbocycles. The number of hydrogen-bond donors (Lipinski definition) is 1. The molecule has 4 rings (SSSR count). The summed E-state index contributed by atoms with van der Waals surface area (Å²) in [6.45, 7) is 1.85. The lowest BCUT2D eigenvalue weighted by Crippen LogP contribution is -2.30. The van der Waals surface area contributed by atoms with Gasteiger partial charge >= 0.3 is 5.63 Å². The van der Waals surface area contributed by atoms with Gasteiger partial charge in [-0.1, -0.05) is 28.1 Å². The number of rotatable bonds is 5. The molecule has 2 heterocycles. The van der Waals surface area contributed by atoms with Gasteiger partial charge in [-0.3, -0.25) is 4.79 Å². The molecule has 2 aromatic heterocycles. The van der Waals surface area contributed by atoms with Gasteiger partial charge in [-0.2, -0.15) is 0 Å². The van der Waals surface area contributed by atoms with Gasteiger partial charge in [0, 0.05) is 27.9 Å². The smallest absolute Gasteiger partial charge is 0.349 e. The van der Waals surface area contributed by atoms with Crippen molar-refractivity contribution in [2.24, 2.45) is 0 Å². The lowest BCUT2D eigenvalue weighted by molar-refractivity contribution is 0.0936. The van der Waals surface area contributed by atoms with E-state index in [1.54, 1.807) is 24.7 Å². The van der Waals surface area contributed by atoms with Crippen molar-refractivity contribution in [3.63, 3.8) is 0 Å². The van der Waals surface area contributed by atoms with E-state index in [2.05, 4.69) is 26.2 Å². The van der Waals surface area contributed by atoms with Crippen molar-refractivity contribution in [1.82, 2.24) is 14.9 Å². The van der Waals surface area contributed by atoms with E-state index in [0.717, 1.165) is 15.7 Å². The monoisotopic (exact) mass is 467 g/mol. The number of methoxy groups -OCH3 is 1. The molecule has 0 aliphatic carbocycles. The summed E-state index contributed by atoms with van der Waals surface area (Å²) < 4.78 is 13.3. The highest BCUT2D eigenvalue weighted by Gasteiger charge is 2.18. The molecular weight excluding hydrogens is 450 g/mol. The number of imidazole rings is 1. The average Bonchev–Trinajstić information content (AvgIpc) is 3.28. The van der Waals surface area contributed by atoms with Crippen LogP contribution in [-0.4, -0.2) is 22.6 Å². The van der Waals surface area contributed by atoms with Crippen LogP contribution in [0.2, 0.25) is 0 Å². The van der Waals surface area contributed by atoms with Gasteiger partial charge in [-0.15, -0.1) is 0 Å². The minimum atomic E-state index is -0.719. The SMILES string of the molecule is COc1cc(Br)cc2cc(C(=O)N[C@@H](C)c3ccc(-n4ccnc4)cc3)c(=O)oc12. The number of halogens is 1. The average molecular weight is 468 g/mol. The molecule has 1 amide bonds. The lowest BCUT2D eigenvalue weighted by atomic mass is 10.1. The molecule has 0 aliphatic heterocycles. The highest BCUT2D eigenvalue weighted by molar-refractivity contribution is 9.10. The first-order valence-electron chi connectivity index (χ1n) is 9.17. The number of nitrogens with one attached hydrogen (secondary N) is 1. The van der Waals surface area contributed by atoms with Crippen molar-refractivity contribution in [2.75, 3.05) is 7.11 Å². The maximum absolute atomic E-state index is 12.8. The van der Waals surface area contributed by atoms with Gasteiger partial charge in [-0.25, -0.2) is 9.78 Å². The van der Waals surface area contributed by atoms with Crippen LogP contribution >= 0.6 is 15.9 Å². The van der Waals surface area contributed by atoms with Gasteiger partial charge in [0.25, 0.3) is 5.91 Å². The van der Waals surface area contributed by atoms with Crippen molar-refractivity contribution in [3.05, 3.63) is 87.2 Å². The Morgan fingerprint density at radius 1 is 1.23 bits per heavy atom. The number of aromatic nitrogens is 2. The van der Waals surface area contributed by atoms with E-state index >= 15 is 0 Å². The summed E-state index contributed by atoms with van der Waals surface area (Å²) in [6.07, 6.45) is 5.28. The van der Waals surface area contributed by atoms with E-state index < -0.39 is 11.5 Å². The van der Waals surface area contributed by atoms with Crippen LogP contribution in [0.15, 0.2) is 74.9 Å². The number of ether oxygens (including phenoxy) is 1. The summed E-state index contributed by atoms with van der Waals surface area (Å²) in [6, 6.07) is 12.4. The molecule has 0 unspecified atom stereocenters. The van der Waals surface area contributed by atoms with Crippen molar-refractivity contribution >= 4 is 32.8 Å². The Kier molecular flexibility index (Phi) is 5.41. The van der Waals surface area contributed by atoms with Crippen molar-refractivity contribution < 1.29 is 13.9 Å². The fraction of sp³-hybridized carbons (Fsp3) is 0.136. The topological polar surface area (TPSA) is 86.4 Å². The third-order valence-electron chi connectivity index (χ3n) is 4.77. The van der Waals surface area contributed by atoms with E-state index in [1.165, 1.54) is 13.2 Å². The Labute approximate surface area is 180 Å². The van der Waals surface area contributed by atoms with Gasteiger partial charge in [-0.05, 0) is 42.8 Å². The summed E-state index contributed by atoms with van der Waals surface area (Å²) in [5, 5.41) is 3.44. The number of amides is 1. The highest BCUT2D eigenvalue weighted by atomic mass is 79.9. The fourth-order valence-electron chi connectivity index (χ4n) is 3.18. The van der Waals surface area contributed by atoms with E-state index in [0.29, 0.717) is 16.7 Å².